The van der Waals surface area contributed by atoms with Crippen LogP contribution in [0.3, 0.4) is 0 Å². The zero-order valence-electron chi connectivity index (χ0n) is 15.2. The maximum atomic E-state index is 14.0. The molecule has 1 aromatic heterocycles. The van der Waals surface area contributed by atoms with Gasteiger partial charge in [0.15, 0.2) is 0 Å². The van der Waals surface area contributed by atoms with Gasteiger partial charge in [-0.1, -0.05) is 13.8 Å². The molecule has 1 unspecified atom stereocenters. The van der Waals surface area contributed by atoms with Crippen molar-refractivity contribution >= 4 is 16.9 Å². The van der Waals surface area contributed by atoms with Crippen LogP contribution in [0.1, 0.15) is 36.4 Å². The molecule has 26 heavy (non-hydrogen) atoms. The van der Waals surface area contributed by atoms with E-state index in [0.717, 1.165) is 0 Å². The van der Waals surface area contributed by atoms with Gasteiger partial charge in [0.1, 0.15) is 17.1 Å². The Labute approximate surface area is 151 Å². The maximum Gasteiger partial charge on any atom is 0.280 e. The average Bonchev–Trinajstić information content (AvgIpc) is 2.89. The smallest absolute Gasteiger partial charge is 0.280 e. The predicted octanol–water partition coefficient (Wildman–Crippen LogP) is 3.50. The highest BCUT2D eigenvalue weighted by atomic mass is 19.3. The summed E-state index contributed by atoms with van der Waals surface area (Å²) in [7, 11) is 0. The third-order valence-corrected chi connectivity index (χ3v) is 4.43. The molecule has 1 saturated heterocycles. The number of hydrogen-bond acceptors (Lipinski definition) is 4. The van der Waals surface area contributed by atoms with Crippen LogP contribution < -0.4 is 15.4 Å². The lowest BCUT2D eigenvalue weighted by Gasteiger charge is -2.32. The van der Waals surface area contributed by atoms with Gasteiger partial charge in [-0.25, -0.2) is 8.78 Å². The molecule has 5 nitrogen and oxygen atoms in total. The number of hydrogen-bond donors (Lipinski definition) is 2. The highest BCUT2D eigenvalue weighted by Crippen LogP contribution is 2.30. The summed E-state index contributed by atoms with van der Waals surface area (Å²) >= 11 is 0. The summed E-state index contributed by atoms with van der Waals surface area (Å²) in [6, 6.07) is 4.04. The van der Waals surface area contributed by atoms with E-state index in [1.807, 2.05) is 13.8 Å². The Kier molecular flexibility index (Phi) is 5.18. The number of amides is 1. The van der Waals surface area contributed by atoms with Crippen LogP contribution >= 0.6 is 0 Å². The van der Waals surface area contributed by atoms with Gasteiger partial charge in [-0.05, 0) is 44.0 Å². The topological polar surface area (TPSA) is 63.5 Å². The van der Waals surface area contributed by atoms with E-state index in [-0.39, 0.29) is 12.0 Å². The largest absolute Gasteiger partial charge is 0.493 e. The van der Waals surface area contributed by atoms with Crippen molar-refractivity contribution < 1.29 is 22.7 Å². The van der Waals surface area contributed by atoms with E-state index in [1.165, 1.54) is 0 Å². The van der Waals surface area contributed by atoms with Crippen LogP contribution in [0, 0.1) is 12.8 Å². The minimum atomic E-state index is -2.98. The summed E-state index contributed by atoms with van der Waals surface area (Å²) in [4.78, 5) is 12.7. The number of halogens is 2. The molecule has 2 N–H and O–H groups in total. The first-order valence-corrected chi connectivity index (χ1v) is 8.83. The molecule has 2 heterocycles. The second kappa shape index (κ2) is 7.23. The number of ether oxygens (including phenoxy) is 1. The van der Waals surface area contributed by atoms with Gasteiger partial charge in [0.05, 0.1) is 24.8 Å². The van der Waals surface area contributed by atoms with E-state index in [0.29, 0.717) is 41.5 Å². The second-order valence-corrected chi connectivity index (χ2v) is 7.15. The Morgan fingerprint density at radius 1 is 1.46 bits per heavy atom. The van der Waals surface area contributed by atoms with Crippen LogP contribution in [-0.2, 0) is 0 Å². The highest BCUT2D eigenvalue weighted by Gasteiger charge is 2.42. The Morgan fingerprint density at radius 3 is 2.92 bits per heavy atom. The van der Waals surface area contributed by atoms with Gasteiger partial charge >= 0.3 is 0 Å². The van der Waals surface area contributed by atoms with Crippen molar-refractivity contribution in [2.45, 2.75) is 39.2 Å². The summed E-state index contributed by atoms with van der Waals surface area (Å²) in [5.41, 5.74) is 0.811. The van der Waals surface area contributed by atoms with E-state index in [9.17, 15) is 13.6 Å². The molecular formula is C19H24F2N2O3. The monoisotopic (exact) mass is 366 g/mol. The van der Waals surface area contributed by atoms with Gasteiger partial charge in [0.2, 0.25) is 0 Å². The van der Waals surface area contributed by atoms with Gasteiger partial charge in [-0.15, -0.1) is 0 Å². The molecule has 0 bridgehead atoms. The molecule has 0 spiro atoms. The first kappa shape index (κ1) is 18.6. The number of aryl methyl sites for hydroxylation is 1. The minimum absolute atomic E-state index is 0.177. The number of carbonyl (C=O) groups excluding carboxylic acids is 1. The lowest BCUT2D eigenvalue weighted by molar-refractivity contribution is -0.0487. The van der Waals surface area contributed by atoms with Crippen LogP contribution in [0.25, 0.3) is 11.0 Å². The Hall–Kier alpha value is -2.15. The minimum Gasteiger partial charge on any atom is -0.493 e. The summed E-state index contributed by atoms with van der Waals surface area (Å²) in [5.74, 6) is -2.15. The van der Waals surface area contributed by atoms with Crippen molar-refractivity contribution in [3.05, 3.63) is 29.5 Å². The van der Waals surface area contributed by atoms with Gasteiger partial charge in [0, 0.05) is 5.39 Å². The molecule has 0 saturated carbocycles. The van der Waals surface area contributed by atoms with E-state index < -0.39 is 24.4 Å². The molecule has 1 amide bonds. The molecule has 1 atom stereocenters. The second-order valence-electron chi connectivity index (χ2n) is 7.15. The van der Waals surface area contributed by atoms with Gasteiger partial charge in [0.25, 0.3) is 11.8 Å². The van der Waals surface area contributed by atoms with Gasteiger partial charge in [-0.2, -0.15) is 0 Å². The van der Waals surface area contributed by atoms with Crippen molar-refractivity contribution in [2.75, 3.05) is 19.7 Å². The zero-order chi connectivity index (χ0) is 18.9. The van der Waals surface area contributed by atoms with Crippen molar-refractivity contribution in [1.29, 1.82) is 0 Å². The number of nitrogens with one attached hydrogen (secondary N) is 2. The molecule has 1 aliphatic heterocycles. The Bertz CT molecular complexity index is 801. The van der Waals surface area contributed by atoms with Gasteiger partial charge < -0.3 is 19.8 Å². The molecule has 1 aromatic carbocycles. The number of furan rings is 1. The number of piperidine rings is 1. The molecule has 1 aliphatic rings. The van der Waals surface area contributed by atoms with E-state index >= 15 is 0 Å². The van der Waals surface area contributed by atoms with Crippen LogP contribution in [-0.4, -0.2) is 37.6 Å². The quantitative estimate of drug-likeness (QED) is 0.850. The van der Waals surface area contributed by atoms with Gasteiger partial charge in [-0.3, -0.25) is 4.79 Å². The standard InChI is InChI=1S/C19H24F2N2O3/c1-11(2)9-25-13-4-5-15-14(8-13)17(12(3)26-15)18(24)23-16-6-7-22-10-19(16,20)21/h4-5,8,11,16,22H,6-7,9-10H2,1-3H3,(H,23,24). The number of fused-ring (bicyclic) bond motifs is 1. The van der Waals surface area contributed by atoms with E-state index in [4.69, 9.17) is 9.15 Å². The van der Waals surface area contributed by atoms with Crippen molar-refractivity contribution in [2.24, 2.45) is 5.92 Å². The number of rotatable bonds is 5. The van der Waals surface area contributed by atoms with Crippen molar-refractivity contribution in [3.8, 4) is 5.75 Å². The van der Waals surface area contributed by atoms with Crippen LogP contribution in [0.15, 0.2) is 22.6 Å². The third-order valence-electron chi connectivity index (χ3n) is 4.43. The number of alkyl halides is 2. The number of carbonyl (C=O) groups is 1. The SMILES string of the molecule is Cc1oc2ccc(OCC(C)C)cc2c1C(=O)NC1CCNCC1(F)F. The molecule has 1 fully saturated rings. The number of benzene rings is 1. The zero-order valence-corrected chi connectivity index (χ0v) is 15.2. The van der Waals surface area contributed by atoms with E-state index in [2.05, 4.69) is 10.6 Å². The normalized spacial score (nSPS) is 19.7. The molecular weight excluding hydrogens is 342 g/mol. The molecule has 2 aromatic rings. The first-order chi connectivity index (χ1) is 12.3. The summed E-state index contributed by atoms with van der Waals surface area (Å²) in [5, 5.41) is 5.70. The van der Waals surface area contributed by atoms with Crippen LogP contribution in [0.4, 0.5) is 8.78 Å². The molecule has 3 rings (SSSR count). The summed E-state index contributed by atoms with van der Waals surface area (Å²) in [6.07, 6.45) is 0.177. The fourth-order valence-electron chi connectivity index (χ4n) is 3.08. The van der Waals surface area contributed by atoms with Crippen molar-refractivity contribution in [1.82, 2.24) is 10.6 Å². The fourth-order valence-corrected chi connectivity index (χ4v) is 3.08. The summed E-state index contributed by atoms with van der Waals surface area (Å²) < 4.78 is 39.3. The molecule has 0 radical (unpaired) electrons. The summed E-state index contributed by atoms with van der Waals surface area (Å²) in [6.45, 7) is 6.29. The Morgan fingerprint density at radius 2 is 2.23 bits per heavy atom. The van der Waals surface area contributed by atoms with E-state index in [1.54, 1.807) is 25.1 Å². The average molecular weight is 366 g/mol. The fraction of sp³-hybridized carbons (Fsp3) is 0.526. The molecule has 142 valence electrons. The maximum absolute atomic E-state index is 14.0. The third kappa shape index (κ3) is 3.82. The first-order valence-electron chi connectivity index (χ1n) is 8.83. The van der Waals surface area contributed by atoms with Crippen LogP contribution in [0.5, 0.6) is 5.75 Å². The highest BCUT2D eigenvalue weighted by molar-refractivity contribution is 6.07. The molecule has 7 heteroatoms. The molecule has 0 aliphatic carbocycles. The lowest BCUT2D eigenvalue weighted by Crippen LogP contribution is -2.57. The predicted molar refractivity (Wildman–Crippen MR) is 95.0 cm³/mol. The Balaban J connectivity index is 1.86. The van der Waals surface area contributed by atoms with Crippen molar-refractivity contribution in [3.63, 3.8) is 0 Å². The van der Waals surface area contributed by atoms with Crippen LogP contribution in [0.2, 0.25) is 0 Å². The lowest BCUT2D eigenvalue weighted by atomic mass is 10.0.